The zero-order chi connectivity index (χ0) is 13.1. The molecule has 0 unspecified atom stereocenters. The van der Waals surface area contributed by atoms with E-state index in [1.807, 2.05) is 6.07 Å². The lowest BCUT2D eigenvalue weighted by Gasteiger charge is -2.05. The third kappa shape index (κ3) is 2.96. The predicted molar refractivity (Wildman–Crippen MR) is 71.8 cm³/mol. The van der Waals surface area contributed by atoms with Crippen LogP contribution in [0.3, 0.4) is 0 Å². The number of hydrogen-bond donors (Lipinski definition) is 1. The average molecular weight is 300 g/mol. The van der Waals surface area contributed by atoms with Crippen LogP contribution in [-0.2, 0) is 0 Å². The van der Waals surface area contributed by atoms with Crippen LogP contribution >= 0.6 is 35.0 Å². The van der Waals surface area contributed by atoms with Crippen LogP contribution in [0, 0.1) is 0 Å². The second kappa shape index (κ2) is 5.61. The lowest BCUT2D eigenvalue weighted by molar-refractivity contribution is 0.0696. The van der Waals surface area contributed by atoms with Gasteiger partial charge in [-0.1, -0.05) is 41.0 Å². The fourth-order valence-electron chi connectivity index (χ4n) is 1.30. The standard InChI is InChI=1S/C12H7Cl2NO2S/c13-7-2-1-3-8(6-7)18-11-10(14)9(12(16)17)4-5-15-11/h1-6H,(H,16,17). The molecule has 0 saturated carbocycles. The monoisotopic (exact) mass is 299 g/mol. The van der Waals surface area contributed by atoms with Crippen LogP contribution in [0.5, 0.6) is 0 Å². The molecule has 92 valence electrons. The summed E-state index contributed by atoms with van der Waals surface area (Å²) in [5.41, 5.74) is 0.0381. The van der Waals surface area contributed by atoms with Gasteiger partial charge in [-0.25, -0.2) is 9.78 Å². The van der Waals surface area contributed by atoms with Crippen molar-refractivity contribution >= 4 is 40.9 Å². The van der Waals surface area contributed by atoms with E-state index in [0.29, 0.717) is 10.0 Å². The fourth-order valence-corrected chi connectivity index (χ4v) is 2.74. The summed E-state index contributed by atoms with van der Waals surface area (Å²) in [6, 6.07) is 8.54. The normalized spacial score (nSPS) is 10.3. The van der Waals surface area contributed by atoms with Crippen molar-refractivity contribution in [2.75, 3.05) is 0 Å². The number of halogens is 2. The summed E-state index contributed by atoms with van der Waals surface area (Å²) in [5.74, 6) is -1.07. The van der Waals surface area contributed by atoms with Gasteiger partial charge in [0.25, 0.3) is 0 Å². The Balaban J connectivity index is 2.35. The number of carbonyl (C=O) groups is 1. The lowest BCUT2D eigenvalue weighted by atomic mass is 10.3. The molecule has 2 rings (SSSR count). The molecule has 1 aromatic heterocycles. The van der Waals surface area contributed by atoms with E-state index < -0.39 is 5.97 Å². The van der Waals surface area contributed by atoms with E-state index in [2.05, 4.69) is 4.98 Å². The van der Waals surface area contributed by atoms with Crippen molar-refractivity contribution in [1.82, 2.24) is 4.98 Å². The quantitative estimate of drug-likeness (QED) is 0.921. The molecule has 1 N–H and O–H groups in total. The van der Waals surface area contributed by atoms with E-state index in [4.69, 9.17) is 28.3 Å². The van der Waals surface area contributed by atoms with Gasteiger partial charge in [-0.05, 0) is 24.3 Å². The number of nitrogens with zero attached hydrogens (tertiary/aromatic N) is 1. The molecule has 1 aromatic carbocycles. The Hall–Kier alpha value is -1.23. The number of aromatic carboxylic acids is 1. The van der Waals surface area contributed by atoms with Crippen molar-refractivity contribution in [2.45, 2.75) is 9.92 Å². The number of carboxylic acid groups (broad SMARTS) is 1. The number of pyridine rings is 1. The van der Waals surface area contributed by atoms with Gasteiger partial charge in [0.05, 0.1) is 10.6 Å². The maximum absolute atomic E-state index is 10.9. The largest absolute Gasteiger partial charge is 0.478 e. The molecule has 0 aliphatic heterocycles. The first-order valence-corrected chi connectivity index (χ1v) is 6.46. The van der Waals surface area contributed by atoms with Gasteiger partial charge in [0.15, 0.2) is 0 Å². The molecule has 0 aliphatic carbocycles. The zero-order valence-corrected chi connectivity index (χ0v) is 11.3. The summed E-state index contributed by atoms with van der Waals surface area (Å²) in [5, 5.41) is 10.1. The summed E-state index contributed by atoms with van der Waals surface area (Å²) >= 11 is 13.1. The van der Waals surface area contributed by atoms with E-state index in [9.17, 15) is 4.79 Å². The van der Waals surface area contributed by atoms with Crippen LogP contribution in [0.15, 0.2) is 46.5 Å². The molecule has 3 nitrogen and oxygen atoms in total. The summed E-state index contributed by atoms with van der Waals surface area (Å²) in [6.07, 6.45) is 1.42. The lowest BCUT2D eigenvalue weighted by Crippen LogP contribution is -1.99. The van der Waals surface area contributed by atoms with Gasteiger partial charge in [0, 0.05) is 16.1 Å². The van der Waals surface area contributed by atoms with Crippen LogP contribution in [-0.4, -0.2) is 16.1 Å². The molecule has 0 saturated heterocycles. The van der Waals surface area contributed by atoms with Crippen molar-refractivity contribution in [2.24, 2.45) is 0 Å². The number of aromatic nitrogens is 1. The first-order chi connectivity index (χ1) is 8.58. The summed E-state index contributed by atoms with van der Waals surface area (Å²) < 4.78 is 0. The van der Waals surface area contributed by atoms with Gasteiger partial charge < -0.3 is 5.11 Å². The summed E-state index contributed by atoms with van der Waals surface area (Å²) in [6.45, 7) is 0. The number of hydrogen-bond acceptors (Lipinski definition) is 3. The summed E-state index contributed by atoms with van der Waals surface area (Å²) in [4.78, 5) is 15.9. The maximum Gasteiger partial charge on any atom is 0.337 e. The molecule has 0 bridgehead atoms. The topological polar surface area (TPSA) is 50.2 Å². The molecule has 18 heavy (non-hydrogen) atoms. The van der Waals surface area contributed by atoms with E-state index in [1.54, 1.807) is 18.2 Å². The van der Waals surface area contributed by atoms with E-state index in [1.165, 1.54) is 24.0 Å². The van der Waals surface area contributed by atoms with Gasteiger partial charge >= 0.3 is 5.97 Å². The van der Waals surface area contributed by atoms with Crippen LogP contribution in [0.1, 0.15) is 10.4 Å². The zero-order valence-electron chi connectivity index (χ0n) is 8.93. The van der Waals surface area contributed by atoms with Crippen molar-refractivity contribution in [3.8, 4) is 0 Å². The highest BCUT2D eigenvalue weighted by Crippen LogP contribution is 2.34. The van der Waals surface area contributed by atoms with Crippen molar-refractivity contribution in [3.63, 3.8) is 0 Å². The molecule has 1 heterocycles. The highest BCUT2D eigenvalue weighted by atomic mass is 35.5. The van der Waals surface area contributed by atoms with Crippen LogP contribution < -0.4 is 0 Å². The fraction of sp³-hybridized carbons (Fsp3) is 0. The molecule has 0 atom stereocenters. The molecular weight excluding hydrogens is 293 g/mol. The minimum Gasteiger partial charge on any atom is -0.478 e. The molecule has 0 spiro atoms. The number of benzene rings is 1. The third-order valence-electron chi connectivity index (χ3n) is 2.10. The van der Waals surface area contributed by atoms with E-state index in [0.717, 1.165) is 4.90 Å². The summed E-state index contributed by atoms with van der Waals surface area (Å²) in [7, 11) is 0. The smallest absolute Gasteiger partial charge is 0.337 e. The van der Waals surface area contributed by atoms with Gasteiger partial charge in [-0.3, -0.25) is 0 Å². The Kier molecular flexibility index (Phi) is 4.11. The number of carboxylic acids is 1. The van der Waals surface area contributed by atoms with E-state index in [-0.39, 0.29) is 10.6 Å². The molecular formula is C12H7Cl2NO2S. The Morgan fingerprint density at radius 3 is 2.72 bits per heavy atom. The van der Waals surface area contributed by atoms with Crippen molar-refractivity contribution in [3.05, 3.63) is 52.1 Å². The van der Waals surface area contributed by atoms with Crippen molar-refractivity contribution < 1.29 is 9.90 Å². The molecule has 0 amide bonds. The average Bonchev–Trinajstić information content (AvgIpc) is 2.31. The van der Waals surface area contributed by atoms with Crippen LogP contribution in [0.25, 0.3) is 0 Å². The molecule has 2 aromatic rings. The predicted octanol–water partition coefficient (Wildman–Crippen LogP) is 4.24. The SMILES string of the molecule is O=C(O)c1ccnc(Sc2cccc(Cl)c2)c1Cl. The minimum atomic E-state index is -1.07. The third-order valence-corrected chi connectivity index (χ3v) is 3.82. The van der Waals surface area contributed by atoms with Gasteiger partial charge in [0.1, 0.15) is 5.03 Å². The van der Waals surface area contributed by atoms with Gasteiger partial charge in [-0.2, -0.15) is 0 Å². The Morgan fingerprint density at radius 2 is 2.06 bits per heavy atom. The molecule has 0 aliphatic rings. The Morgan fingerprint density at radius 1 is 1.28 bits per heavy atom. The van der Waals surface area contributed by atoms with Crippen LogP contribution in [0.2, 0.25) is 10.0 Å². The van der Waals surface area contributed by atoms with E-state index >= 15 is 0 Å². The molecule has 0 fully saturated rings. The Labute approximate surface area is 118 Å². The molecule has 6 heteroatoms. The molecule has 0 radical (unpaired) electrons. The Bertz CT molecular complexity index is 604. The number of rotatable bonds is 3. The first-order valence-electron chi connectivity index (χ1n) is 4.89. The van der Waals surface area contributed by atoms with Crippen molar-refractivity contribution in [1.29, 1.82) is 0 Å². The highest BCUT2D eigenvalue weighted by molar-refractivity contribution is 7.99. The highest BCUT2D eigenvalue weighted by Gasteiger charge is 2.14. The van der Waals surface area contributed by atoms with Gasteiger partial charge in [-0.15, -0.1) is 0 Å². The minimum absolute atomic E-state index is 0.0381. The first kappa shape index (κ1) is 13.2. The van der Waals surface area contributed by atoms with Crippen LogP contribution in [0.4, 0.5) is 0 Å². The van der Waals surface area contributed by atoms with Gasteiger partial charge in [0.2, 0.25) is 0 Å². The second-order valence-corrected chi connectivity index (χ2v) is 5.22. The maximum atomic E-state index is 10.9. The second-order valence-electron chi connectivity index (χ2n) is 3.34.